The quantitative estimate of drug-likeness (QED) is 0.512. The van der Waals surface area contributed by atoms with E-state index in [1.807, 2.05) is 23.1 Å². The van der Waals surface area contributed by atoms with Gasteiger partial charge in [0.05, 0.1) is 29.9 Å². The number of rotatable bonds is 3. The molecule has 1 aliphatic carbocycles. The van der Waals surface area contributed by atoms with E-state index in [1.165, 1.54) is 0 Å². The van der Waals surface area contributed by atoms with Crippen molar-refractivity contribution in [1.29, 1.82) is 0 Å². The topological polar surface area (TPSA) is 84.2 Å². The van der Waals surface area contributed by atoms with Crippen molar-refractivity contribution in [2.45, 2.75) is 37.9 Å². The SMILES string of the molecule is O=S1(=O)CC(N2Cc3cc(Cl)ccc3-n3c(nnc3C3CC4(C3)CN(c3ncc(F)cc3F)C4)C2)C1. The summed E-state index contributed by atoms with van der Waals surface area (Å²) in [6, 6.07) is 6.60. The highest BCUT2D eigenvalue weighted by Crippen LogP contribution is 2.56. The van der Waals surface area contributed by atoms with Crippen LogP contribution < -0.4 is 4.90 Å². The Balaban J connectivity index is 1.13. The number of fused-ring (bicyclic) bond motifs is 3. The molecule has 3 aromatic rings. The smallest absolute Gasteiger partial charge is 0.168 e. The van der Waals surface area contributed by atoms with Crippen LogP contribution in [0.5, 0.6) is 0 Å². The van der Waals surface area contributed by atoms with Crippen molar-refractivity contribution in [2.75, 3.05) is 29.5 Å². The molecule has 0 unspecified atom stereocenters. The van der Waals surface area contributed by atoms with Crippen LogP contribution in [0, 0.1) is 17.0 Å². The van der Waals surface area contributed by atoms with Gasteiger partial charge < -0.3 is 4.90 Å². The largest absolute Gasteiger partial charge is 0.353 e. The number of halogens is 3. The van der Waals surface area contributed by atoms with Gasteiger partial charge in [0.2, 0.25) is 0 Å². The van der Waals surface area contributed by atoms with Gasteiger partial charge in [-0.25, -0.2) is 22.2 Å². The first-order chi connectivity index (χ1) is 17.2. The molecule has 1 spiro atoms. The van der Waals surface area contributed by atoms with Gasteiger partial charge in [0.15, 0.2) is 27.3 Å². The molecule has 188 valence electrons. The highest BCUT2D eigenvalue weighted by Gasteiger charge is 2.55. The van der Waals surface area contributed by atoms with E-state index < -0.39 is 21.5 Å². The Labute approximate surface area is 211 Å². The van der Waals surface area contributed by atoms with Gasteiger partial charge in [-0.3, -0.25) is 9.47 Å². The van der Waals surface area contributed by atoms with Crippen LogP contribution >= 0.6 is 11.6 Å². The molecule has 4 aliphatic rings. The molecule has 2 aromatic heterocycles. The Morgan fingerprint density at radius 2 is 1.83 bits per heavy atom. The lowest BCUT2D eigenvalue weighted by atomic mass is 9.57. The van der Waals surface area contributed by atoms with Crippen molar-refractivity contribution >= 4 is 27.3 Å². The predicted molar refractivity (Wildman–Crippen MR) is 129 cm³/mol. The zero-order chi connectivity index (χ0) is 24.8. The number of hydrogen-bond donors (Lipinski definition) is 0. The number of aromatic nitrogens is 4. The van der Waals surface area contributed by atoms with Crippen LogP contribution in [0.4, 0.5) is 14.6 Å². The molecule has 0 radical (unpaired) electrons. The Bertz CT molecular complexity index is 1490. The Morgan fingerprint density at radius 3 is 2.56 bits per heavy atom. The summed E-state index contributed by atoms with van der Waals surface area (Å²) < 4.78 is 53.1. The lowest BCUT2D eigenvalue weighted by molar-refractivity contribution is 0.0575. The number of pyridine rings is 1. The van der Waals surface area contributed by atoms with E-state index >= 15 is 0 Å². The second kappa shape index (κ2) is 7.69. The minimum Gasteiger partial charge on any atom is -0.353 e. The second-order valence-electron chi connectivity index (χ2n) is 10.6. The fourth-order valence-corrected chi connectivity index (χ4v) is 7.99. The van der Waals surface area contributed by atoms with Gasteiger partial charge in [0.1, 0.15) is 11.6 Å². The van der Waals surface area contributed by atoms with Crippen LogP contribution in [-0.2, 0) is 22.9 Å². The van der Waals surface area contributed by atoms with E-state index in [9.17, 15) is 17.2 Å². The van der Waals surface area contributed by atoms with Crippen molar-refractivity contribution < 1.29 is 17.2 Å². The minimum absolute atomic E-state index is 0.0399. The first kappa shape index (κ1) is 22.6. The third kappa shape index (κ3) is 3.54. The molecule has 0 atom stereocenters. The van der Waals surface area contributed by atoms with Gasteiger partial charge in [-0.1, -0.05) is 11.6 Å². The summed E-state index contributed by atoms with van der Waals surface area (Å²) in [7, 11) is -2.96. The molecule has 1 saturated carbocycles. The fourth-order valence-electron chi connectivity index (χ4n) is 6.30. The summed E-state index contributed by atoms with van der Waals surface area (Å²) >= 11 is 6.33. The van der Waals surface area contributed by atoms with Crippen molar-refractivity contribution in [3.05, 3.63) is 64.3 Å². The average Bonchev–Trinajstić information content (AvgIpc) is 3.06. The maximum atomic E-state index is 14.1. The van der Waals surface area contributed by atoms with E-state index in [1.54, 1.807) is 0 Å². The summed E-state index contributed by atoms with van der Waals surface area (Å²) in [5.41, 5.74) is 2.07. The van der Waals surface area contributed by atoms with Crippen molar-refractivity contribution in [1.82, 2.24) is 24.6 Å². The van der Waals surface area contributed by atoms with E-state index in [4.69, 9.17) is 11.6 Å². The molecule has 2 saturated heterocycles. The van der Waals surface area contributed by atoms with E-state index in [-0.39, 0.29) is 34.7 Å². The van der Waals surface area contributed by atoms with Crippen LogP contribution in [0.25, 0.3) is 5.69 Å². The molecule has 0 bridgehead atoms. The average molecular weight is 533 g/mol. The molecular formula is C24H23ClF2N6O2S. The second-order valence-corrected chi connectivity index (χ2v) is 13.2. The van der Waals surface area contributed by atoms with Crippen LogP contribution in [-0.4, -0.2) is 63.7 Å². The van der Waals surface area contributed by atoms with Crippen LogP contribution in [0.3, 0.4) is 0 Å². The zero-order valence-corrected chi connectivity index (χ0v) is 20.8. The molecule has 0 N–H and O–H groups in total. The molecule has 8 nitrogen and oxygen atoms in total. The Kier molecular flexibility index (Phi) is 4.82. The van der Waals surface area contributed by atoms with Gasteiger partial charge >= 0.3 is 0 Å². The number of hydrogen-bond acceptors (Lipinski definition) is 7. The van der Waals surface area contributed by atoms with E-state index in [2.05, 4.69) is 24.6 Å². The summed E-state index contributed by atoms with van der Waals surface area (Å²) in [5.74, 6) is 1.11. The predicted octanol–water partition coefficient (Wildman–Crippen LogP) is 3.09. The molecule has 12 heteroatoms. The van der Waals surface area contributed by atoms with Crippen molar-refractivity contribution in [3.63, 3.8) is 0 Å². The summed E-state index contributed by atoms with van der Waals surface area (Å²) in [4.78, 5) is 7.95. The standard InChI is InChI=1S/C24H23ClF2N6O2S/c25-16-1-2-20-14(3-16)8-31(18-10-36(34,35)11-18)9-21-29-30-22(33(20)21)15-5-24(6-15)12-32(13-24)23-19(27)4-17(26)7-28-23/h1-4,7,15,18H,5-6,8-13H2. The lowest BCUT2D eigenvalue weighted by Gasteiger charge is -2.59. The van der Waals surface area contributed by atoms with Crippen molar-refractivity contribution in [3.8, 4) is 5.69 Å². The third-order valence-electron chi connectivity index (χ3n) is 8.03. The highest BCUT2D eigenvalue weighted by molar-refractivity contribution is 7.92. The molecule has 0 amide bonds. The van der Waals surface area contributed by atoms with Gasteiger partial charge in [0, 0.05) is 48.1 Å². The van der Waals surface area contributed by atoms with E-state index in [0.717, 1.165) is 48.0 Å². The highest BCUT2D eigenvalue weighted by atomic mass is 35.5. The number of sulfone groups is 1. The normalized spacial score (nSPS) is 24.3. The molecule has 3 fully saturated rings. The molecular weight excluding hydrogens is 510 g/mol. The number of benzene rings is 1. The monoisotopic (exact) mass is 532 g/mol. The first-order valence-corrected chi connectivity index (χ1v) is 14.1. The van der Waals surface area contributed by atoms with E-state index in [0.29, 0.717) is 31.2 Å². The number of anilines is 1. The summed E-state index contributed by atoms with van der Waals surface area (Å²) in [5, 5.41) is 9.74. The van der Waals surface area contributed by atoms with Crippen LogP contribution in [0.15, 0.2) is 30.5 Å². The number of nitrogens with zero attached hydrogens (tertiary/aromatic N) is 6. The van der Waals surface area contributed by atoms with Gasteiger partial charge in [-0.2, -0.15) is 0 Å². The maximum absolute atomic E-state index is 14.1. The zero-order valence-electron chi connectivity index (χ0n) is 19.2. The Hall–Kier alpha value is -2.63. The summed E-state index contributed by atoms with van der Waals surface area (Å²) in [6.07, 6.45) is 2.85. The van der Waals surface area contributed by atoms with Crippen LogP contribution in [0.2, 0.25) is 5.02 Å². The van der Waals surface area contributed by atoms with Gasteiger partial charge in [0.25, 0.3) is 0 Å². The van der Waals surface area contributed by atoms with Crippen LogP contribution in [0.1, 0.15) is 36.0 Å². The fraction of sp³-hybridized carbons (Fsp3) is 0.458. The molecule has 7 rings (SSSR count). The molecule has 1 aromatic carbocycles. The lowest BCUT2D eigenvalue weighted by Crippen LogP contribution is -2.62. The minimum atomic E-state index is -2.96. The molecule has 5 heterocycles. The maximum Gasteiger partial charge on any atom is 0.168 e. The first-order valence-electron chi connectivity index (χ1n) is 11.9. The van der Waals surface area contributed by atoms with Crippen molar-refractivity contribution in [2.24, 2.45) is 5.41 Å². The molecule has 3 aliphatic heterocycles. The molecule has 36 heavy (non-hydrogen) atoms. The summed E-state index contributed by atoms with van der Waals surface area (Å²) in [6.45, 7) is 2.46. The van der Waals surface area contributed by atoms with Gasteiger partial charge in [-0.05, 0) is 36.6 Å². The van der Waals surface area contributed by atoms with Gasteiger partial charge in [-0.15, -0.1) is 10.2 Å². The third-order valence-corrected chi connectivity index (χ3v) is 10.0. The Morgan fingerprint density at radius 1 is 1.06 bits per heavy atom.